The minimum atomic E-state index is -0.104. The lowest BCUT2D eigenvalue weighted by atomic mass is 10.1. The van der Waals surface area contributed by atoms with E-state index in [2.05, 4.69) is 10.3 Å². The summed E-state index contributed by atoms with van der Waals surface area (Å²) in [7, 11) is 0. The van der Waals surface area contributed by atoms with E-state index in [9.17, 15) is 5.11 Å². The monoisotopic (exact) mass is 265 g/mol. The number of hydrogen-bond acceptors (Lipinski definition) is 3. The lowest BCUT2D eigenvalue weighted by Gasteiger charge is -2.13. The fourth-order valence-electron chi connectivity index (χ4n) is 2.01. The first kappa shape index (κ1) is 13.1. The zero-order valence-corrected chi connectivity index (χ0v) is 11.4. The number of benzene rings is 1. The molecule has 1 N–H and O–H groups in total. The highest BCUT2D eigenvalue weighted by molar-refractivity contribution is 6.31. The smallest absolute Gasteiger partial charge is 0.112 e. The molecular weight excluding hydrogens is 250 g/mol. The van der Waals surface area contributed by atoms with Gasteiger partial charge >= 0.3 is 0 Å². The largest absolute Gasteiger partial charge is 0.390 e. The maximum absolute atomic E-state index is 9.31. The number of hydrogen-bond donors (Lipinski definition) is 1. The summed E-state index contributed by atoms with van der Waals surface area (Å²) in [6, 6.07) is 5.68. The molecule has 1 aromatic heterocycles. The lowest BCUT2D eigenvalue weighted by Crippen LogP contribution is -2.07. The first-order chi connectivity index (χ1) is 8.56. The Morgan fingerprint density at radius 3 is 2.72 bits per heavy atom. The van der Waals surface area contributed by atoms with Crippen LogP contribution in [0.15, 0.2) is 18.2 Å². The molecule has 0 radical (unpaired) electrons. The van der Waals surface area contributed by atoms with Crippen molar-refractivity contribution in [3.63, 3.8) is 0 Å². The first-order valence-corrected chi connectivity index (χ1v) is 6.24. The Bertz CT molecular complexity index is 563. The Balaban J connectivity index is 2.64. The molecule has 2 rings (SSSR count). The summed E-state index contributed by atoms with van der Waals surface area (Å²) in [4.78, 5) is 0. The van der Waals surface area contributed by atoms with Gasteiger partial charge in [0, 0.05) is 5.02 Å². The maximum Gasteiger partial charge on any atom is 0.112 e. The third-order valence-electron chi connectivity index (χ3n) is 2.94. The molecule has 0 spiro atoms. The summed E-state index contributed by atoms with van der Waals surface area (Å²) in [5.41, 5.74) is 3.39. The first-order valence-electron chi connectivity index (χ1n) is 5.87. The number of aromatic nitrogens is 3. The van der Waals surface area contributed by atoms with Gasteiger partial charge in [0.05, 0.1) is 18.0 Å². The molecule has 0 saturated carbocycles. The topological polar surface area (TPSA) is 50.9 Å². The van der Waals surface area contributed by atoms with Crippen molar-refractivity contribution < 1.29 is 5.11 Å². The van der Waals surface area contributed by atoms with E-state index in [0.29, 0.717) is 10.7 Å². The highest BCUT2D eigenvalue weighted by Crippen LogP contribution is 2.26. The molecule has 0 atom stereocenters. The van der Waals surface area contributed by atoms with E-state index < -0.39 is 0 Å². The molecule has 0 fully saturated rings. The van der Waals surface area contributed by atoms with Gasteiger partial charge in [-0.3, -0.25) is 0 Å². The molecule has 2 aromatic rings. The number of rotatable bonds is 3. The van der Waals surface area contributed by atoms with Crippen LogP contribution in [0.5, 0.6) is 0 Å². The predicted octanol–water partition coefficient (Wildman–Crippen LogP) is 2.84. The van der Waals surface area contributed by atoms with Gasteiger partial charge in [-0.1, -0.05) is 36.7 Å². The third kappa shape index (κ3) is 2.13. The molecule has 0 aliphatic carbocycles. The number of aliphatic hydroxyl groups is 1. The van der Waals surface area contributed by atoms with Crippen molar-refractivity contribution in [2.24, 2.45) is 0 Å². The lowest BCUT2D eigenvalue weighted by molar-refractivity contribution is 0.275. The molecule has 1 aromatic carbocycles. The van der Waals surface area contributed by atoms with E-state index in [0.717, 1.165) is 16.9 Å². The van der Waals surface area contributed by atoms with Gasteiger partial charge in [-0.2, -0.15) is 0 Å². The van der Waals surface area contributed by atoms with Crippen molar-refractivity contribution >= 4 is 11.6 Å². The Morgan fingerprint density at radius 2 is 2.11 bits per heavy atom. The second-order valence-electron chi connectivity index (χ2n) is 4.53. The quantitative estimate of drug-likeness (QED) is 0.928. The molecule has 0 aliphatic rings. The average molecular weight is 266 g/mol. The van der Waals surface area contributed by atoms with Gasteiger partial charge < -0.3 is 5.11 Å². The van der Waals surface area contributed by atoms with Crippen molar-refractivity contribution in [1.82, 2.24) is 15.0 Å². The normalized spacial score (nSPS) is 11.2. The van der Waals surface area contributed by atoms with Crippen LogP contribution < -0.4 is 0 Å². The summed E-state index contributed by atoms with van der Waals surface area (Å²) >= 11 is 6.13. The standard InChI is InChI=1S/C13H16ClN3O/c1-8(2)13-11(7-18)15-16-17(13)12-6-4-5-10(14)9(12)3/h4-6,8,18H,7H2,1-3H3. The molecule has 0 saturated heterocycles. The van der Waals surface area contributed by atoms with Crippen molar-refractivity contribution in [3.05, 3.63) is 40.2 Å². The van der Waals surface area contributed by atoms with E-state index in [1.54, 1.807) is 4.68 Å². The maximum atomic E-state index is 9.31. The zero-order chi connectivity index (χ0) is 13.3. The summed E-state index contributed by atoms with van der Waals surface area (Å²) in [6.45, 7) is 5.94. The molecule has 5 heteroatoms. The van der Waals surface area contributed by atoms with Crippen molar-refractivity contribution in [2.75, 3.05) is 0 Å². The van der Waals surface area contributed by atoms with E-state index in [1.165, 1.54) is 0 Å². The van der Waals surface area contributed by atoms with Gasteiger partial charge in [0.2, 0.25) is 0 Å². The van der Waals surface area contributed by atoms with E-state index in [4.69, 9.17) is 11.6 Å². The van der Waals surface area contributed by atoms with Crippen LogP contribution in [-0.4, -0.2) is 20.1 Å². The van der Waals surface area contributed by atoms with Gasteiger partial charge in [0.15, 0.2) is 0 Å². The van der Waals surface area contributed by atoms with E-state index >= 15 is 0 Å². The van der Waals surface area contributed by atoms with E-state index in [1.807, 2.05) is 39.0 Å². The third-order valence-corrected chi connectivity index (χ3v) is 3.35. The molecule has 0 amide bonds. The van der Waals surface area contributed by atoms with Crippen LogP contribution >= 0.6 is 11.6 Å². The molecular formula is C13H16ClN3O. The second kappa shape index (κ2) is 5.08. The minimum absolute atomic E-state index is 0.104. The molecule has 0 unspecified atom stereocenters. The fraction of sp³-hybridized carbons (Fsp3) is 0.385. The highest BCUT2D eigenvalue weighted by atomic mass is 35.5. The van der Waals surface area contributed by atoms with Crippen LogP contribution in [0.3, 0.4) is 0 Å². The van der Waals surface area contributed by atoms with Crippen LogP contribution in [0.2, 0.25) is 5.02 Å². The minimum Gasteiger partial charge on any atom is -0.390 e. The second-order valence-corrected chi connectivity index (χ2v) is 4.94. The van der Waals surface area contributed by atoms with Crippen LogP contribution in [0.1, 0.15) is 36.7 Å². The summed E-state index contributed by atoms with van der Waals surface area (Å²) < 4.78 is 1.76. The Morgan fingerprint density at radius 1 is 1.39 bits per heavy atom. The highest BCUT2D eigenvalue weighted by Gasteiger charge is 2.18. The van der Waals surface area contributed by atoms with Crippen LogP contribution in [0.4, 0.5) is 0 Å². The van der Waals surface area contributed by atoms with Crippen LogP contribution in [-0.2, 0) is 6.61 Å². The molecule has 1 heterocycles. The molecule has 0 bridgehead atoms. The number of nitrogens with zero attached hydrogens (tertiary/aromatic N) is 3. The Kier molecular flexibility index (Phi) is 3.68. The molecule has 96 valence electrons. The van der Waals surface area contributed by atoms with Gasteiger partial charge in [0.1, 0.15) is 5.69 Å². The summed E-state index contributed by atoms with van der Waals surface area (Å²) in [5, 5.41) is 18.2. The Labute approximate surface area is 111 Å². The van der Waals surface area contributed by atoms with Crippen molar-refractivity contribution in [2.45, 2.75) is 33.3 Å². The average Bonchev–Trinajstić information content (AvgIpc) is 2.76. The number of aliphatic hydroxyl groups excluding tert-OH is 1. The fourth-order valence-corrected chi connectivity index (χ4v) is 2.18. The molecule has 4 nitrogen and oxygen atoms in total. The summed E-state index contributed by atoms with van der Waals surface area (Å²) in [6.07, 6.45) is 0. The van der Waals surface area contributed by atoms with Gasteiger partial charge in [-0.05, 0) is 30.5 Å². The molecule has 0 aliphatic heterocycles. The number of halogens is 1. The van der Waals surface area contributed by atoms with E-state index in [-0.39, 0.29) is 12.5 Å². The summed E-state index contributed by atoms with van der Waals surface area (Å²) in [5.74, 6) is 0.223. The predicted molar refractivity (Wildman–Crippen MR) is 71.1 cm³/mol. The van der Waals surface area contributed by atoms with Crippen molar-refractivity contribution in [3.8, 4) is 5.69 Å². The zero-order valence-electron chi connectivity index (χ0n) is 10.7. The molecule has 18 heavy (non-hydrogen) atoms. The van der Waals surface area contributed by atoms with Gasteiger partial charge in [0.25, 0.3) is 0 Å². The van der Waals surface area contributed by atoms with Gasteiger partial charge in [-0.25, -0.2) is 4.68 Å². The van der Waals surface area contributed by atoms with Crippen LogP contribution in [0.25, 0.3) is 5.69 Å². The van der Waals surface area contributed by atoms with Crippen molar-refractivity contribution in [1.29, 1.82) is 0 Å². The van der Waals surface area contributed by atoms with Gasteiger partial charge in [-0.15, -0.1) is 5.10 Å². The Hall–Kier alpha value is -1.39. The van der Waals surface area contributed by atoms with Crippen LogP contribution in [0, 0.1) is 6.92 Å². The SMILES string of the molecule is Cc1c(Cl)cccc1-n1nnc(CO)c1C(C)C.